The highest BCUT2D eigenvalue weighted by atomic mass is 79.9. The first-order valence-corrected chi connectivity index (χ1v) is 28.3. The molecule has 1 aromatic heterocycles. The monoisotopic (exact) mass is 1150 g/mol. The van der Waals surface area contributed by atoms with Gasteiger partial charge in [-0.1, -0.05) is 30.3 Å². The summed E-state index contributed by atoms with van der Waals surface area (Å²) < 4.78 is 34.7. The third-order valence-electron chi connectivity index (χ3n) is 16.1. The van der Waals surface area contributed by atoms with Crippen LogP contribution in [-0.2, 0) is 18.8 Å². The van der Waals surface area contributed by atoms with E-state index < -0.39 is 0 Å². The second-order valence-electron chi connectivity index (χ2n) is 22.2. The van der Waals surface area contributed by atoms with Crippen LogP contribution in [-0.4, -0.2) is 142 Å². The minimum absolute atomic E-state index is 0.0568. The molecule has 4 amide bonds. The van der Waals surface area contributed by atoms with Crippen molar-refractivity contribution >= 4 is 52.9 Å². The molecule has 6 aliphatic rings. The molecule has 5 heterocycles. The molecule has 0 radical (unpaired) electrons. The fraction of sp³-hybridized carbons (Fsp3) is 0.443. The van der Waals surface area contributed by atoms with Crippen LogP contribution in [0.3, 0.4) is 0 Å². The van der Waals surface area contributed by atoms with Gasteiger partial charge in [0.25, 0.3) is 23.6 Å². The number of carbonyl (C=O) groups is 4. The van der Waals surface area contributed by atoms with Crippen molar-refractivity contribution in [3.8, 4) is 22.6 Å². The Bertz CT molecular complexity index is 3070. The number of aromatic amines is 1. The first kappa shape index (κ1) is 58.0. The number of hydrogen-bond donors (Lipinski definition) is 3. The molecule has 3 N–H and O–H groups in total. The molecular weight excluding hydrogens is 1080 g/mol. The Labute approximate surface area is 477 Å². The summed E-state index contributed by atoms with van der Waals surface area (Å²) in [4.78, 5) is 60.1. The third-order valence-corrected chi connectivity index (χ3v) is 16.8. The summed E-state index contributed by atoms with van der Waals surface area (Å²) >= 11 is 3.43. The van der Waals surface area contributed by atoms with E-state index in [1.807, 2.05) is 88.8 Å². The largest absolute Gasteiger partial charge is 0.496 e. The van der Waals surface area contributed by atoms with Crippen LogP contribution in [0.2, 0.25) is 0 Å². The number of H-pyrrole nitrogens is 1. The molecule has 5 fully saturated rings. The average Bonchev–Trinajstić information content (AvgIpc) is 4.10. The summed E-state index contributed by atoms with van der Waals surface area (Å²) in [6, 6.07) is 25.6. The number of aliphatic imine (C=N–C) groups is 1. The van der Waals surface area contributed by atoms with Gasteiger partial charge in [-0.3, -0.25) is 29.3 Å². The molecule has 2 aliphatic carbocycles. The van der Waals surface area contributed by atoms with Crippen molar-refractivity contribution in [1.82, 2.24) is 30.6 Å². The molecule has 4 atom stereocenters. The molecule has 19 heteroatoms. The zero-order valence-electron chi connectivity index (χ0n) is 47.0. The maximum absolute atomic E-state index is 13.7. The minimum atomic E-state index is -0.255. The van der Waals surface area contributed by atoms with E-state index in [0.717, 1.165) is 51.8 Å². The van der Waals surface area contributed by atoms with E-state index in [0.29, 0.717) is 71.5 Å². The summed E-state index contributed by atoms with van der Waals surface area (Å²) in [5, 5.41) is 12.8. The lowest BCUT2D eigenvalue weighted by atomic mass is 9.79. The van der Waals surface area contributed by atoms with Crippen LogP contribution in [0.25, 0.3) is 11.1 Å². The lowest BCUT2D eigenvalue weighted by Crippen LogP contribution is -2.41. The molecule has 2 unspecified atom stereocenters. The third kappa shape index (κ3) is 13.7. The molecule has 422 valence electrons. The molecular formula is C61H73BBrN7O10. The van der Waals surface area contributed by atoms with Gasteiger partial charge in [0, 0.05) is 86.2 Å². The fourth-order valence-electron chi connectivity index (χ4n) is 10.2. The second kappa shape index (κ2) is 25.4. The standard InChI is InChI=1S/C27H30N4O4.C24H27BrN2O4.C10H16BNO2/c1-34-22-12-24(18-4-3-5-19(10-18)26(32)28-13-17-6-7-17)31(16-22)27(33)20-8-9-23(25(11-20)35-2)21-14-29-30-15-21;1-30-19-12-21(16-4-3-5-17(10-16)23(28)26-13-15-6-7-15)27(14-19)24(29)18-8-9-20(25)22(11-18)31-2;1-9(2)10(3,4)14-11(13-9)8-5-6-12-7-8/h3-5,8-11,14-15,17,22,24H,6-7,12-13,16H2,1-2H3,(H,28,32)(H,29,30);3-5,8-11,15,19,21H,6-7,12-14H2,1-2H3,(H,26,28);5,7H,6H2,1-4H3/t22?,24-;19?,21-;/m11./s1. The fourth-order valence-corrected chi connectivity index (χ4v) is 10.6. The lowest BCUT2D eigenvalue weighted by Gasteiger charge is -2.32. The SMILES string of the molecule is CC1(C)OB(C2=CCN=C2)OC1(C)C.COc1cc(C(=O)N2CC(OC)C[C@@H]2c2cccc(C(=O)NCC3CC3)c2)ccc1-c1cn[nH]c1.COc1cc(C(=O)N2CC(OC)C[C@@H]2c2cccc(C(=O)NCC3CC3)c2)ccc1Br. The number of methoxy groups -OCH3 is 4. The lowest BCUT2D eigenvalue weighted by molar-refractivity contribution is 0.00578. The van der Waals surface area contributed by atoms with Gasteiger partial charge < -0.3 is 48.7 Å². The van der Waals surface area contributed by atoms with Crippen LogP contribution in [0.1, 0.15) is 131 Å². The van der Waals surface area contributed by atoms with Crippen LogP contribution in [0.4, 0.5) is 0 Å². The molecule has 5 aromatic rings. The minimum Gasteiger partial charge on any atom is -0.496 e. The Morgan fingerprint density at radius 1 is 0.688 bits per heavy atom. The number of ether oxygens (including phenoxy) is 4. The van der Waals surface area contributed by atoms with Gasteiger partial charge in [-0.05, 0) is 171 Å². The van der Waals surface area contributed by atoms with Crippen molar-refractivity contribution < 1.29 is 47.4 Å². The van der Waals surface area contributed by atoms with Gasteiger partial charge in [-0.25, -0.2) is 0 Å². The quantitative estimate of drug-likeness (QED) is 0.0796. The number of aromatic nitrogens is 2. The normalized spacial score (nSPS) is 21.5. The predicted octanol–water partition coefficient (Wildman–Crippen LogP) is 9.66. The van der Waals surface area contributed by atoms with Gasteiger partial charge in [0.15, 0.2) is 0 Å². The predicted molar refractivity (Wildman–Crippen MR) is 310 cm³/mol. The highest BCUT2D eigenvalue weighted by Crippen LogP contribution is 2.41. The Kier molecular flexibility index (Phi) is 18.5. The summed E-state index contributed by atoms with van der Waals surface area (Å²) in [6.45, 7) is 11.4. The zero-order valence-corrected chi connectivity index (χ0v) is 48.5. The number of nitrogens with one attached hydrogen (secondary N) is 3. The van der Waals surface area contributed by atoms with Crippen LogP contribution in [0.5, 0.6) is 11.5 Å². The Balaban J connectivity index is 0.000000157. The maximum Gasteiger partial charge on any atom is 0.496 e. The van der Waals surface area contributed by atoms with Gasteiger partial charge in [-0.15, -0.1) is 0 Å². The molecule has 4 aromatic carbocycles. The topological polar surface area (TPSA) is 195 Å². The molecule has 17 nitrogen and oxygen atoms in total. The number of amides is 4. The number of halogens is 1. The molecule has 80 heavy (non-hydrogen) atoms. The Morgan fingerprint density at radius 3 is 1.65 bits per heavy atom. The van der Waals surface area contributed by atoms with Crippen LogP contribution < -0.4 is 20.1 Å². The Morgan fingerprint density at radius 2 is 1.20 bits per heavy atom. The molecule has 2 saturated carbocycles. The van der Waals surface area contributed by atoms with E-state index in [-0.39, 0.29) is 66.2 Å². The van der Waals surface area contributed by atoms with Crippen molar-refractivity contribution in [2.45, 2.75) is 102 Å². The number of rotatable bonds is 16. The van der Waals surface area contributed by atoms with Crippen molar-refractivity contribution in [2.24, 2.45) is 16.8 Å². The number of carbonyl (C=O) groups excluding carboxylic acids is 4. The highest BCUT2D eigenvalue weighted by Gasteiger charge is 2.52. The van der Waals surface area contributed by atoms with Gasteiger partial charge >= 0.3 is 7.12 Å². The van der Waals surface area contributed by atoms with E-state index in [9.17, 15) is 19.2 Å². The molecule has 4 aliphatic heterocycles. The number of likely N-dealkylation sites (tertiary alicyclic amines) is 2. The first-order chi connectivity index (χ1) is 38.5. The number of nitrogens with zero attached hydrogens (tertiary/aromatic N) is 4. The van der Waals surface area contributed by atoms with E-state index in [1.165, 1.54) is 25.7 Å². The average molecular weight is 1160 g/mol. The van der Waals surface area contributed by atoms with Crippen LogP contribution in [0.15, 0.2) is 118 Å². The zero-order chi connectivity index (χ0) is 56.7. The second-order valence-corrected chi connectivity index (χ2v) is 23.1. The van der Waals surface area contributed by atoms with Crippen LogP contribution in [0, 0.1) is 11.8 Å². The van der Waals surface area contributed by atoms with E-state index >= 15 is 0 Å². The van der Waals surface area contributed by atoms with Gasteiger partial charge in [0.1, 0.15) is 11.5 Å². The van der Waals surface area contributed by atoms with Gasteiger partial charge in [0.05, 0.1) is 66.9 Å². The molecule has 11 rings (SSSR count). The van der Waals surface area contributed by atoms with Gasteiger partial charge in [0.2, 0.25) is 0 Å². The van der Waals surface area contributed by atoms with Crippen molar-refractivity contribution in [1.29, 1.82) is 0 Å². The van der Waals surface area contributed by atoms with Crippen LogP contribution >= 0.6 is 15.9 Å². The van der Waals surface area contributed by atoms with Crippen molar-refractivity contribution in [2.75, 3.05) is 61.2 Å². The highest BCUT2D eigenvalue weighted by molar-refractivity contribution is 9.10. The smallest absolute Gasteiger partial charge is 0.496 e. The molecule has 0 bridgehead atoms. The van der Waals surface area contributed by atoms with Gasteiger partial charge in [-0.2, -0.15) is 5.10 Å². The van der Waals surface area contributed by atoms with Crippen molar-refractivity contribution in [3.05, 3.63) is 147 Å². The van der Waals surface area contributed by atoms with Crippen molar-refractivity contribution in [3.63, 3.8) is 0 Å². The summed E-state index contributed by atoms with van der Waals surface area (Å²) in [6.07, 6.45) is 13.4. The molecule has 0 spiro atoms. The number of benzene rings is 4. The maximum atomic E-state index is 13.7. The summed E-state index contributed by atoms with van der Waals surface area (Å²) in [7, 11) is 6.26. The Hall–Kier alpha value is -6.64. The van der Waals surface area contributed by atoms with E-state index in [1.54, 1.807) is 59.0 Å². The first-order valence-electron chi connectivity index (χ1n) is 27.5. The number of allylic oxidation sites excluding steroid dienone is 1. The molecule has 3 saturated heterocycles. The van der Waals surface area contributed by atoms with E-state index in [2.05, 4.69) is 69.4 Å². The summed E-state index contributed by atoms with van der Waals surface area (Å²) in [5.74, 6) is 2.13. The van der Waals surface area contributed by atoms with E-state index in [4.69, 9.17) is 28.3 Å². The summed E-state index contributed by atoms with van der Waals surface area (Å²) in [5.41, 5.74) is 6.47. The number of hydrogen-bond acceptors (Lipinski definition) is 12.